The summed E-state index contributed by atoms with van der Waals surface area (Å²) in [7, 11) is 0. The third-order valence-corrected chi connectivity index (χ3v) is 4.52. The van der Waals surface area contributed by atoms with Gasteiger partial charge in [-0.05, 0) is 37.9 Å². The van der Waals surface area contributed by atoms with Gasteiger partial charge < -0.3 is 10.1 Å². The third-order valence-electron chi connectivity index (χ3n) is 4.21. The van der Waals surface area contributed by atoms with Gasteiger partial charge in [0.15, 0.2) is 10.6 Å². The number of carbonyl (C=O) groups is 1. The van der Waals surface area contributed by atoms with Crippen LogP contribution < -0.4 is 5.32 Å². The molecule has 2 N–H and O–H groups in total. The molecule has 0 radical (unpaired) electrons. The molecule has 1 atom stereocenters. The number of aromatic nitrogens is 3. The molecule has 0 spiro atoms. The number of amides is 1. The summed E-state index contributed by atoms with van der Waals surface area (Å²) < 4.78 is 7.61. The van der Waals surface area contributed by atoms with Gasteiger partial charge in [0.25, 0.3) is 0 Å². The van der Waals surface area contributed by atoms with E-state index in [2.05, 4.69) is 15.5 Å². The van der Waals surface area contributed by atoms with E-state index in [0.717, 1.165) is 31.6 Å². The SMILES string of the molecule is Cc1ccc(-c2n[nH]c(=S)n2CC(=O)NC[C@@H]2CCCOC2)cc1. The minimum absolute atomic E-state index is 0.0635. The third kappa shape index (κ3) is 4.10. The van der Waals surface area contributed by atoms with Gasteiger partial charge in [-0.25, -0.2) is 0 Å². The molecule has 2 heterocycles. The second-order valence-corrected chi connectivity index (χ2v) is 6.58. The molecular weight excluding hydrogens is 324 g/mol. The Hall–Kier alpha value is -1.99. The summed E-state index contributed by atoms with van der Waals surface area (Å²) in [6.07, 6.45) is 2.16. The van der Waals surface area contributed by atoms with Gasteiger partial charge in [-0.15, -0.1) is 0 Å². The van der Waals surface area contributed by atoms with E-state index in [1.54, 1.807) is 4.57 Å². The molecule has 24 heavy (non-hydrogen) atoms. The molecule has 0 saturated carbocycles. The van der Waals surface area contributed by atoms with Crippen LogP contribution >= 0.6 is 12.2 Å². The summed E-state index contributed by atoms with van der Waals surface area (Å²) in [6.45, 7) is 4.38. The van der Waals surface area contributed by atoms with Crippen LogP contribution in [0, 0.1) is 17.6 Å². The largest absolute Gasteiger partial charge is 0.381 e. The minimum atomic E-state index is -0.0635. The second kappa shape index (κ2) is 7.72. The molecule has 1 saturated heterocycles. The molecule has 1 aliphatic rings. The van der Waals surface area contributed by atoms with E-state index in [9.17, 15) is 4.79 Å². The van der Waals surface area contributed by atoms with Crippen LogP contribution in [0.25, 0.3) is 11.4 Å². The monoisotopic (exact) mass is 346 g/mol. The van der Waals surface area contributed by atoms with Gasteiger partial charge in [0.2, 0.25) is 5.91 Å². The van der Waals surface area contributed by atoms with Gasteiger partial charge in [0.05, 0.1) is 6.61 Å². The Labute approximate surface area is 146 Å². The first kappa shape index (κ1) is 16.9. The number of benzene rings is 1. The fourth-order valence-corrected chi connectivity index (χ4v) is 3.01. The summed E-state index contributed by atoms with van der Waals surface area (Å²) in [5, 5.41) is 10.0. The first-order valence-corrected chi connectivity index (χ1v) is 8.61. The number of H-pyrrole nitrogens is 1. The number of hydrogen-bond acceptors (Lipinski definition) is 4. The molecule has 1 aliphatic heterocycles. The van der Waals surface area contributed by atoms with Crippen LogP contribution in [0.15, 0.2) is 24.3 Å². The van der Waals surface area contributed by atoms with Crippen LogP contribution in [0.2, 0.25) is 0 Å². The minimum Gasteiger partial charge on any atom is -0.381 e. The quantitative estimate of drug-likeness (QED) is 0.816. The van der Waals surface area contributed by atoms with Crippen molar-refractivity contribution in [1.82, 2.24) is 20.1 Å². The topological polar surface area (TPSA) is 71.9 Å². The smallest absolute Gasteiger partial charge is 0.240 e. The van der Waals surface area contributed by atoms with Gasteiger partial charge in [0.1, 0.15) is 6.54 Å². The number of carbonyl (C=O) groups excluding carboxylic acids is 1. The fourth-order valence-electron chi connectivity index (χ4n) is 2.81. The van der Waals surface area contributed by atoms with Gasteiger partial charge in [-0.1, -0.05) is 29.8 Å². The van der Waals surface area contributed by atoms with Gasteiger partial charge >= 0.3 is 0 Å². The Balaban J connectivity index is 1.66. The molecule has 128 valence electrons. The van der Waals surface area contributed by atoms with Crippen molar-refractivity contribution in [3.05, 3.63) is 34.6 Å². The average molecular weight is 346 g/mol. The summed E-state index contributed by atoms with van der Waals surface area (Å²) in [4.78, 5) is 12.3. The van der Waals surface area contributed by atoms with Gasteiger partial charge in [-0.2, -0.15) is 5.10 Å². The summed E-state index contributed by atoms with van der Waals surface area (Å²) in [6, 6.07) is 7.99. The maximum atomic E-state index is 12.3. The molecular formula is C17H22N4O2S. The standard InChI is InChI=1S/C17H22N4O2S/c1-12-4-6-14(7-5-12)16-19-20-17(24)21(16)10-15(22)18-9-13-3-2-8-23-11-13/h4-7,13H,2-3,8-11H2,1H3,(H,18,22)(H,20,24)/t13-/m0/s1. The predicted molar refractivity (Wildman–Crippen MR) is 94.1 cm³/mol. The lowest BCUT2D eigenvalue weighted by Crippen LogP contribution is -2.35. The summed E-state index contributed by atoms with van der Waals surface area (Å²) >= 11 is 5.27. The molecule has 1 aromatic carbocycles. The van der Waals surface area contributed by atoms with E-state index in [-0.39, 0.29) is 12.5 Å². The molecule has 0 unspecified atom stereocenters. The Morgan fingerprint density at radius 3 is 2.96 bits per heavy atom. The average Bonchev–Trinajstić information content (AvgIpc) is 2.95. The molecule has 1 aromatic heterocycles. The highest BCUT2D eigenvalue weighted by Crippen LogP contribution is 2.18. The van der Waals surface area contributed by atoms with Crippen molar-refractivity contribution in [3.63, 3.8) is 0 Å². The molecule has 3 rings (SSSR count). The summed E-state index contributed by atoms with van der Waals surface area (Å²) in [5.74, 6) is 1.01. The van der Waals surface area contributed by atoms with Crippen molar-refractivity contribution in [2.24, 2.45) is 5.92 Å². The predicted octanol–water partition coefficient (Wildman–Crippen LogP) is 2.46. The van der Waals surface area contributed by atoms with E-state index in [1.165, 1.54) is 5.56 Å². The van der Waals surface area contributed by atoms with Crippen molar-refractivity contribution in [3.8, 4) is 11.4 Å². The van der Waals surface area contributed by atoms with Crippen LogP contribution in [-0.4, -0.2) is 40.4 Å². The number of aromatic amines is 1. The highest BCUT2D eigenvalue weighted by atomic mass is 32.1. The number of nitrogens with zero attached hydrogens (tertiary/aromatic N) is 2. The van der Waals surface area contributed by atoms with Crippen molar-refractivity contribution < 1.29 is 9.53 Å². The summed E-state index contributed by atoms with van der Waals surface area (Å²) in [5.41, 5.74) is 2.10. The number of rotatable bonds is 5. The zero-order chi connectivity index (χ0) is 16.9. The van der Waals surface area contributed by atoms with Crippen LogP contribution in [0.3, 0.4) is 0 Å². The van der Waals surface area contributed by atoms with E-state index in [4.69, 9.17) is 17.0 Å². The zero-order valence-corrected chi connectivity index (χ0v) is 14.6. The molecule has 6 nitrogen and oxygen atoms in total. The van der Waals surface area contributed by atoms with Crippen LogP contribution in [-0.2, 0) is 16.1 Å². The van der Waals surface area contributed by atoms with Gasteiger partial charge in [0, 0.05) is 18.7 Å². The number of ether oxygens (including phenoxy) is 1. The molecule has 0 aliphatic carbocycles. The normalized spacial score (nSPS) is 17.6. The maximum Gasteiger partial charge on any atom is 0.240 e. The Bertz CT molecular complexity index is 745. The van der Waals surface area contributed by atoms with Crippen LogP contribution in [0.1, 0.15) is 18.4 Å². The lowest BCUT2D eigenvalue weighted by Gasteiger charge is -2.22. The zero-order valence-electron chi connectivity index (χ0n) is 13.7. The Morgan fingerprint density at radius 2 is 2.25 bits per heavy atom. The number of nitrogens with one attached hydrogen (secondary N) is 2. The van der Waals surface area contributed by atoms with Crippen LogP contribution in [0.5, 0.6) is 0 Å². The Morgan fingerprint density at radius 1 is 1.46 bits per heavy atom. The lowest BCUT2D eigenvalue weighted by molar-refractivity contribution is -0.122. The van der Waals surface area contributed by atoms with E-state index >= 15 is 0 Å². The lowest BCUT2D eigenvalue weighted by atomic mass is 10.0. The van der Waals surface area contributed by atoms with Crippen molar-refractivity contribution in [2.45, 2.75) is 26.3 Å². The van der Waals surface area contributed by atoms with E-state index in [0.29, 0.717) is 23.1 Å². The molecule has 1 fully saturated rings. The molecule has 0 bridgehead atoms. The second-order valence-electron chi connectivity index (χ2n) is 6.19. The highest BCUT2D eigenvalue weighted by Gasteiger charge is 2.16. The Kier molecular flexibility index (Phi) is 5.42. The van der Waals surface area contributed by atoms with Crippen molar-refractivity contribution in [1.29, 1.82) is 0 Å². The maximum absolute atomic E-state index is 12.3. The van der Waals surface area contributed by atoms with Gasteiger partial charge in [-0.3, -0.25) is 14.5 Å². The first-order chi connectivity index (χ1) is 11.6. The van der Waals surface area contributed by atoms with Crippen molar-refractivity contribution >= 4 is 18.1 Å². The molecule has 2 aromatic rings. The van der Waals surface area contributed by atoms with Crippen molar-refractivity contribution in [2.75, 3.05) is 19.8 Å². The fraction of sp³-hybridized carbons (Fsp3) is 0.471. The number of hydrogen-bond donors (Lipinski definition) is 2. The molecule has 7 heteroatoms. The number of aryl methyl sites for hydroxylation is 1. The van der Waals surface area contributed by atoms with Crippen LogP contribution in [0.4, 0.5) is 0 Å². The first-order valence-electron chi connectivity index (χ1n) is 8.20. The van der Waals surface area contributed by atoms with E-state index < -0.39 is 0 Å². The van der Waals surface area contributed by atoms with E-state index in [1.807, 2.05) is 31.2 Å². The molecule has 1 amide bonds. The highest BCUT2D eigenvalue weighted by molar-refractivity contribution is 7.71.